The topological polar surface area (TPSA) is 17.8 Å². The van der Waals surface area contributed by atoms with Crippen molar-refractivity contribution < 1.29 is 17.6 Å². The molecule has 0 spiro atoms. The second kappa shape index (κ2) is 3.69. The summed E-state index contributed by atoms with van der Waals surface area (Å²) in [7, 11) is 0. The number of hydrogen-bond donors (Lipinski definition) is 0. The van der Waals surface area contributed by atoms with Gasteiger partial charge in [-0.3, -0.25) is 0 Å². The Morgan fingerprint density at radius 2 is 2.06 bits per heavy atom. The van der Waals surface area contributed by atoms with Gasteiger partial charge >= 0.3 is 6.18 Å². The van der Waals surface area contributed by atoms with Crippen LogP contribution in [0, 0.1) is 5.82 Å². The highest BCUT2D eigenvalue weighted by Crippen LogP contribution is 2.42. The Kier molecular flexibility index (Phi) is 2.45. The molecule has 1 unspecified atom stereocenters. The molecule has 1 aliphatic heterocycles. The minimum absolute atomic E-state index is 0.00199. The van der Waals surface area contributed by atoms with Crippen LogP contribution in [0.15, 0.2) is 16.6 Å². The molecular weight excluding hydrogens is 316 g/mol. The molecule has 1 atom stereocenters. The molecule has 2 aromatic rings. The van der Waals surface area contributed by atoms with Gasteiger partial charge < -0.3 is 4.57 Å². The predicted octanol–water partition coefficient (Wildman–Crippen LogP) is 3.99. The average Bonchev–Trinajstić information content (AvgIpc) is 2.75. The molecule has 96 valence electrons. The zero-order valence-corrected chi connectivity index (χ0v) is 10.5. The van der Waals surface area contributed by atoms with Gasteiger partial charge in [0.15, 0.2) is 5.82 Å². The van der Waals surface area contributed by atoms with Gasteiger partial charge in [0.25, 0.3) is 0 Å². The smallest absolute Gasteiger partial charge is 0.315 e. The molecule has 7 heteroatoms. The van der Waals surface area contributed by atoms with Crippen LogP contribution in [0.25, 0.3) is 11.0 Å². The van der Waals surface area contributed by atoms with E-state index in [2.05, 4.69) is 20.9 Å². The van der Waals surface area contributed by atoms with Crippen LogP contribution in [0.2, 0.25) is 0 Å². The SMILES string of the molecule is Fc1cc(Br)cc2c1nc1n2C(C(F)(F)F)CC1. The monoisotopic (exact) mass is 322 g/mol. The molecule has 2 nitrogen and oxygen atoms in total. The highest BCUT2D eigenvalue weighted by molar-refractivity contribution is 9.10. The molecule has 1 aromatic carbocycles. The van der Waals surface area contributed by atoms with Crippen molar-refractivity contribution in [1.82, 2.24) is 9.55 Å². The van der Waals surface area contributed by atoms with Crippen LogP contribution in [0.4, 0.5) is 17.6 Å². The number of hydrogen-bond acceptors (Lipinski definition) is 1. The Morgan fingerprint density at radius 1 is 1.33 bits per heavy atom. The van der Waals surface area contributed by atoms with Crippen LogP contribution in [-0.4, -0.2) is 15.7 Å². The van der Waals surface area contributed by atoms with Crippen LogP contribution in [-0.2, 0) is 6.42 Å². The van der Waals surface area contributed by atoms with Crippen molar-refractivity contribution in [2.24, 2.45) is 0 Å². The maximum atomic E-state index is 13.6. The number of imidazole rings is 1. The summed E-state index contributed by atoms with van der Waals surface area (Å²) in [6, 6.07) is 1.07. The molecule has 0 radical (unpaired) electrons. The van der Waals surface area contributed by atoms with Gasteiger partial charge in [-0.25, -0.2) is 9.37 Å². The largest absolute Gasteiger partial charge is 0.409 e. The fraction of sp³-hybridized carbons (Fsp3) is 0.364. The van der Waals surface area contributed by atoms with Crippen LogP contribution in [0.1, 0.15) is 18.3 Å². The molecule has 1 aliphatic rings. The predicted molar refractivity (Wildman–Crippen MR) is 60.8 cm³/mol. The third kappa shape index (κ3) is 1.64. The Labute approximate surface area is 108 Å². The van der Waals surface area contributed by atoms with Gasteiger partial charge in [0, 0.05) is 10.9 Å². The first-order chi connectivity index (χ1) is 8.38. The van der Waals surface area contributed by atoms with Gasteiger partial charge in [-0.15, -0.1) is 0 Å². The van der Waals surface area contributed by atoms with Gasteiger partial charge in [-0.05, 0) is 18.6 Å². The molecule has 3 rings (SSSR count). The van der Waals surface area contributed by atoms with E-state index in [1.807, 2.05) is 0 Å². The fourth-order valence-electron chi connectivity index (χ4n) is 2.40. The number of benzene rings is 1. The van der Waals surface area contributed by atoms with Crippen LogP contribution in [0.5, 0.6) is 0 Å². The average molecular weight is 323 g/mol. The Morgan fingerprint density at radius 3 is 2.72 bits per heavy atom. The number of aromatic nitrogens is 2. The standard InChI is InChI=1S/C11H7BrF4N2/c12-5-3-6(13)10-7(4-5)18-8(11(14,15)16)1-2-9(18)17-10/h3-4,8H,1-2H2. The molecule has 0 saturated carbocycles. The highest BCUT2D eigenvalue weighted by Gasteiger charge is 2.45. The Balaban J connectivity index is 2.29. The molecule has 2 heterocycles. The lowest BCUT2D eigenvalue weighted by molar-refractivity contribution is -0.164. The normalized spacial score (nSPS) is 19.5. The lowest BCUT2D eigenvalue weighted by Gasteiger charge is -2.17. The summed E-state index contributed by atoms with van der Waals surface area (Å²) >= 11 is 3.08. The van der Waals surface area contributed by atoms with Crippen molar-refractivity contribution in [3.05, 3.63) is 28.2 Å². The van der Waals surface area contributed by atoms with Gasteiger partial charge in [0.1, 0.15) is 17.4 Å². The molecule has 0 fully saturated rings. The maximum Gasteiger partial charge on any atom is 0.409 e. The van der Waals surface area contributed by atoms with Crippen molar-refractivity contribution in [3.63, 3.8) is 0 Å². The van der Waals surface area contributed by atoms with Crippen molar-refractivity contribution in [2.75, 3.05) is 0 Å². The highest BCUT2D eigenvalue weighted by atomic mass is 79.9. The van der Waals surface area contributed by atoms with E-state index >= 15 is 0 Å². The van der Waals surface area contributed by atoms with E-state index in [1.54, 1.807) is 0 Å². The number of aryl methyl sites for hydroxylation is 1. The van der Waals surface area contributed by atoms with Crippen molar-refractivity contribution in [3.8, 4) is 0 Å². The summed E-state index contributed by atoms with van der Waals surface area (Å²) in [6.45, 7) is 0. The summed E-state index contributed by atoms with van der Waals surface area (Å²) in [4.78, 5) is 3.96. The van der Waals surface area contributed by atoms with Crippen molar-refractivity contribution in [2.45, 2.75) is 25.1 Å². The van der Waals surface area contributed by atoms with E-state index in [1.165, 1.54) is 12.1 Å². The zero-order valence-electron chi connectivity index (χ0n) is 8.93. The van der Waals surface area contributed by atoms with Gasteiger partial charge in [0.05, 0.1) is 5.52 Å². The molecule has 0 bridgehead atoms. The van der Waals surface area contributed by atoms with E-state index in [9.17, 15) is 17.6 Å². The van der Waals surface area contributed by atoms with Crippen molar-refractivity contribution >= 4 is 27.0 Å². The molecule has 0 saturated heterocycles. The minimum atomic E-state index is -4.34. The van der Waals surface area contributed by atoms with E-state index in [0.717, 1.165) is 4.57 Å². The zero-order chi connectivity index (χ0) is 13.1. The van der Waals surface area contributed by atoms with Crippen LogP contribution in [0.3, 0.4) is 0 Å². The van der Waals surface area contributed by atoms with E-state index in [-0.39, 0.29) is 23.9 Å². The summed E-state index contributed by atoms with van der Waals surface area (Å²) < 4.78 is 53.8. The number of nitrogens with zero attached hydrogens (tertiary/aromatic N) is 2. The Bertz CT molecular complexity index is 632. The van der Waals surface area contributed by atoms with E-state index in [0.29, 0.717) is 10.3 Å². The van der Waals surface area contributed by atoms with E-state index in [4.69, 9.17) is 0 Å². The summed E-state index contributed by atoms with van der Waals surface area (Å²) in [5.74, 6) is -0.313. The maximum absolute atomic E-state index is 13.6. The molecule has 0 N–H and O–H groups in total. The summed E-state index contributed by atoms with van der Waals surface area (Å²) in [6.07, 6.45) is -4.15. The first-order valence-corrected chi connectivity index (χ1v) is 6.10. The minimum Gasteiger partial charge on any atom is -0.315 e. The molecule has 0 aliphatic carbocycles. The van der Waals surface area contributed by atoms with Crippen LogP contribution < -0.4 is 0 Å². The fourth-order valence-corrected chi connectivity index (χ4v) is 2.82. The Hall–Kier alpha value is -1.11. The summed E-state index contributed by atoms with van der Waals surface area (Å²) in [5, 5.41) is 0. The van der Waals surface area contributed by atoms with Gasteiger partial charge in [0.2, 0.25) is 0 Å². The lowest BCUT2D eigenvalue weighted by atomic mass is 10.2. The summed E-state index contributed by atoms with van der Waals surface area (Å²) in [5.41, 5.74) is 0.193. The third-order valence-corrected chi connectivity index (χ3v) is 3.58. The number of alkyl halides is 3. The number of halogens is 5. The molecule has 1 aromatic heterocycles. The van der Waals surface area contributed by atoms with Gasteiger partial charge in [-0.1, -0.05) is 15.9 Å². The quantitative estimate of drug-likeness (QED) is 0.671. The molecule has 18 heavy (non-hydrogen) atoms. The lowest BCUT2D eigenvalue weighted by Crippen LogP contribution is -2.23. The first-order valence-electron chi connectivity index (χ1n) is 5.30. The van der Waals surface area contributed by atoms with Crippen LogP contribution >= 0.6 is 15.9 Å². The second-order valence-electron chi connectivity index (χ2n) is 4.25. The number of rotatable bonds is 0. The number of fused-ring (bicyclic) bond motifs is 3. The van der Waals surface area contributed by atoms with Gasteiger partial charge in [-0.2, -0.15) is 13.2 Å². The van der Waals surface area contributed by atoms with E-state index < -0.39 is 18.0 Å². The van der Waals surface area contributed by atoms with Crippen molar-refractivity contribution in [1.29, 1.82) is 0 Å². The molecular formula is C11H7BrF4N2. The third-order valence-electron chi connectivity index (χ3n) is 3.12. The first kappa shape index (κ1) is 12.0. The molecule has 0 amide bonds. The second-order valence-corrected chi connectivity index (χ2v) is 5.17.